The van der Waals surface area contributed by atoms with Crippen LogP contribution in [0, 0.1) is 0 Å². The van der Waals surface area contributed by atoms with E-state index in [2.05, 4.69) is 13.8 Å². The highest BCUT2D eigenvalue weighted by Crippen LogP contribution is 2.15. The largest absolute Gasteiger partial charge is 0.0776 e. The van der Waals surface area contributed by atoms with Crippen molar-refractivity contribution in [3.05, 3.63) is 0 Å². The summed E-state index contributed by atoms with van der Waals surface area (Å²) in [4.78, 5) is 0. The first-order valence-electron chi connectivity index (χ1n) is 9.41. The van der Waals surface area contributed by atoms with Gasteiger partial charge in [-0.3, -0.25) is 0 Å². The Bertz CT molecular complexity index is 92.0. The van der Waals surface area contributed by atoms with Crippen LogP contribution in [0.5, 0.6) is 0 Å². The average Bonchev–Trinajstić information content (AvgIpc) is 2.53. The lowest BCUT2D eigenvalue weighted by Gasteiger charge is -2.05. The second-order valence-corrected chi connectivity index (χ2v) is 6.30. The summed E-state index contributed by atoms with van der Waals surface area (Å²) in [6, 6.07) is 0. The summed E-state index contributed by atoms with van der Waals surface area (Å²) in [5, 5.41) is 0. The van der Waals surface area contributed by atoms with Crippen LogP contribution in [0.2, 0.25) is 0 Å². The smallest absolute Gasteiger partial charge is 0.0533 e. The van der Waals surface area contributed by atoms with Crippen molar-refractivity contribution in [3.8, 4) is 0 Å². The molecule has 0 aromatic heterocycles. The van der Waals surface area contributed by atoms with Gasteiger partial charge in [-0.25, -0.2) is 0 Å². The maximum Gasteiger partial charge on any atom is -0.0533 e. The first-order valence-corrected chi connectivity index (χ1v) is 9.41. The second-order valence-electron chi connectivity index (χ2n) is 6.30. The molecule has 2 aliphatic carbocycles. The van der Waals surface area contributed by atoms with Gasteiger partial charge in [0.15, 0.2) is 0 Å². The Hall–Kier alpha value is 0. The van der Waals surface area contributed by atoms with E-state index in [0.717, 1.165) is 0 Å². The van der Waals surface area contributed by atoms with Crippen LogP contribution in [-0.2, 0) is 0 Å². The topological polar surface area (TPSA) is 0 Å². The van der Waals surface area contributed by atoms with Gasteiger partial charge in [0.25, 0.3) is 0 Å². The van der Waals surface area contributed by atoms with Crippen LogP contribution in [-0.4, -0.2) is 0 Å². The molecule has 0 saturated heterocycles. The third kappa shape index (κ3) is 20.3. The zero-order valence-electron chi connectivity index (χ0n) is 14.0. The molecule has 0 bridgehead atoms. The van der Waals surface area contributed by atoms with Gasteiger partial charge in [0, 0.05) is 0 Å². The molecule has 0 atom stereocenters. The number of rotatable bonds is 4. The fourth-order valence-electron chi connectivity index (χ4n) is 2.80. The Balaban J connectivity index is 0. The monoisotopic (exact) mass is 284 g/mol. The van der Waals surface area contributed by atoms with Crippen LogP contribution in [0.3, 0.4) is 0 Å². The average molecular weight is 285 g/mol. The summed E-state index contributed by atoms with van der Waals surface area (Å²) >= 11 is 0. The molecule has 0 aromatic carbocycles. The lowest BCUT2D eigenvalue weighted by molar-refractivity contribution is 0.504. The normalized spacial score (nSPS) is 17.7. The summed E-state index contributed by atoms with van der Waals surface area (Å²) in [5.41, 5.74) is 0. The van der Waals surface area contributed by atoms with Crippen LogP contribution in [0.15, 0.2) is 0 Å². The first kappa shape index (κ1) is 22.3. The van der Waals surface area contributed by atoms with E-state index in [1.165, 1.54) is 109 Å². The lowest BCUT2D eigenvalue weighted by atomic mass is 10.0. The van der Waals surface area contributed by atoms with Gasteiger partial charge in [0.2, 0.25) is 0 Å². The first-order chi connectivity index (χ1) is 9.41. The Labute approximate surface area is 131 Å². The van der Waals surface area contributed by atoms with E-state index < -0.39 is 0 Å². The van der Waals surface area contributed by atoms with Crippen molar-refractivity contribution in [2.24, 2.45) is 0 Å². The Kier molecular flexibility index (Phi) is 23.7. The van der Waals surface area contributed by atoms with Crippen molar-refractivity contribution in [2.75, 3.05) is 0 Å². The maximum atomic E-state index is 2.25. The minimum Gasteiger partial charge on any atom is -0.0776 e. The van der Waals surface area contributed by atoms with Gasteiger partial charge in [-0.2, -0.15) is 0 Å². The minimum atomic E-state index is 0. The van der Waals surface area contributed by atoms with E-state index in [1.807, 2.05) is 0 Å². The molecule has 0 spiro atoms. The molecule has 2 rings (SSSR count). The minimum absolute atomic E-state index is 0. The Morgan fingerprint density at radius 2 is 0.600 bits per heavy atom. The van der Waals surface area contributed by atoms with Gasteiger partial charge in [-0.1, -0.05) is 130 Å². The van der Waals surface area contributed by atoms with Gasteiger partial charge in [-0.05, 0) is 0 Å². The van der Waals surface area contributed by atoms with E-state index in [-0.39, 0.29) is 7.43 Å². The zero-order chi connectivity index (χ0) is 14.0. The number of unbranched alkanes of at least 4 members (excludes halogenated alkanes) is 4. The van der Waals surface area contributed by atoms with Gasteiger partial charge >= 0.3 is 0 Å². The molecule has 0 heterocycles. The highest BCUT2D eigenvalue weighted by Gasteiger charge is 1.96. The van der Waals surface area contributed by atoms with Crippen LogP contribution in [0.25, 0.3) is 0 Å². The van der Waals surface area contributed by atoms with E-state index in [4.69, 9.17) is 0 Å². The standard InChI is InChI=1S/C7H16.2C6H12.CH4/c1-3-5-7-6-4-2;2*1-2-4-6-5-3-1;/h3-7H2,1-2H3;2*1-6H2;1H4. The molecule has 20 heavy (non-hydrogen) atoms. The van der Waals surface area contributed by atoms with Crippen molar-refractivity contribution in [1.29, 1.82) is 0 Å². The summed E-state index contributed by atoms with van der Waals surface area (Å²) < 4.78 is 0. The van der Waals surface area contributed by atoms with Crippen molar-refractivity contribution < 1.29 is 0 Å². The molecule has 0 aromatic rings. The van der Waals surface area contributed by atoms with Crippen molar-refractivity contribution in [3.63, 3.8) is 0 Å². The van der Waals surface area contributed by atoms with Crippen molar-refractivity contribution in [1.82, 2.24) is 0 Å². The molecule has 2 aliphatic rings. The highest BCUT2D eigenvalue weighted by atomic mass is 14.0. The van der Waals surface area contributed by atoms with Gasteiger partial charge in [0.05, 0.1) is 0 Å². The van der Waals surface area contributed by atoms with E-state index in [0.29, 0.717) is 0 Å². The third-order valence-electron chi connectivity index (χ3n) is 4.21. The van der Waals surface area contributed by atoms with Gasteiger partial charge < -0.3 is 0 Å². The van der Waals surface area contributed by atoms with Crippen LogP contribution < -0.4 is 0 Å². The summed E-state index contributed by atoms with van der Waals surface area (Å²) in [6.45, 7) is 4.49. The Morgan fingerprint density at radius 1 is 0.400 bits per heavy atom. The van der Waals surface area contributed by atoms with Crippen LogP contribution in [0.4, 0.5) is 0 Å². The molecular weight excluding hydrogens is 240 g/mol. The summed E-state index contributed by atoms with van der Waals surface area (Å²) in [5.74, 6) is 0. The lowest BCUT2D eigenvalue weighted by Crippen LogP contribution is -1.85. The van der Waals surface area contributed by atoms with Crippen molar-refractivity contribution in [2.45, 2.75) is 130 Å². The number of hydrogen-bond acceptors (Lipinski definition) is 0. The number of hydrogen-bond donors (Lipinski definition) is 0. The van der Waals surface area contributed by atoms with Gasteiger partial charge in [-0.15, -0.1) is 0 Å². The van der Waals surface area contributed by atoms with Crippen LogP contribution in [0.1, 0.15) is 130 Å². The second kappa shape index (κ2) is 21.3. The van der Waals surface area contributed by atoms with Gasteiger partial charge in [0.1, 0.15) is 0 Å². The zero-order valence-corrected chi connectivity index (χ0v) is 14.0. The van der Waals surface area contributed by atoms with E-state index >= 15 is 0 Å². The molecule has 124 valence electrons. The fourth-order valence-corrected chi connectivity index (χ4v) is 2.80. The predicted octanol–water partition coefficient (Wildman–Crippen LogP) is 8.29. The molecule has 0 heteroatoms. The molecule has 0 unspecified atom stereocenters. The molecule has 0 aliphatic heterocycles. The maximum absolute atomic E-state index is 2.25. The SMILES string of the molecule is C.C1CCCCC1.C1CCCCC1.CCCCCCC. The highest BCUT2D eigenvalue weighted by molar-refractivity contribution is 4.51. The summed E-state index contributed by atoms with van der Waals surface area (Å²) in [6.07, 6.45) is 25.0. The Morgan fingerprint density at radius 3 is 0.750 bits per heavy atom. The van der Waals surface area contributed by atoms with Crippen molar-refractivity contribution >= 4 is 0 Å². The molecule has 2 fully saturated rings. The fraction of sp³-hybridized carbons (Fsp3) is 1.00. The molecule has 0 N–H and O–H groups in total. The van der Waals surface area contributed by atoms with Crippen LogP contribution >= 0.6 is 0 Å². The van der Waals surface area contributed by atoms with E-state index in [9.17, 15) is 0 Å². The summed E-state index contributed by atoms with van der Waals surface area (Å²) in [7, 11) is 0. The molecular formula is C20H44. The van der Waals surface area contributed by atoms with E-state index in [1.54, 1.807) is 0 Å². The quantitative estimate of drug-likeness (QED) is 0.455. The molecule has 0 radical (unpaired) electrons. The predicted molar refractivity (Wildman–Crippen MR) is 96.6 cm³/mol. The molecule has 0 nitrogen and oxygen atoms in total. The third-order valence-corrected chi connectivity index (χ3v) is 4.21. The molecule has 0 amide bonds. The molecule has 2 saturated carbocycles.